The van der Waals surface area contributed by atoms with Gasteiger partial charge in [-0.1, -0.05) is 23.2 Å². The summed E-state index contributed by atoms with van der Waals surface area (Å²) in [6, 6.07) is 11.1. The van der Waals surface area contributed by atoms with Gasteiger partial charge in [0.2, 0.25) is 0 Å². The summed E-state index contributed by atoms with van der Waals surface area (Å²) in [5.41, 5.74) is 4.19. The van der Waals surface area contributed by atoms with Crippen LogP contribution in [0.4, 0.5) is 14.5 Å². The number of hydrogen-bond donors (Lipinski definition) is 1. The van der Waals surface area contributed by atoms with Gasteiger partial charge in [-0.3, -0.25) is 5.43 Å². The SMILES string of the molecule is FC(F)Oc1ccc(/C=N\Nc2ccc(Cl)c(Cl)c2)cc1. The molecule has 0 heterocycles. The Hall–Kier alpha value is -1.85. The van der Waals surface area contributed by atoms with Crippen LogP contribution >= 0.6 is 23.2 Å². The van der Waals surface area contributed by atoms with Gasteiger partial charge >= 0.3 is 6.61 Å². The van der Waals surface area contributed by atoms with Crippen LogP contribution in [-0.2, 0) is 0 Å². The van der Waals surface area contributed by atoms with Crippen molar-refractivity contribution in [3.8, 4) is 5.75 Å². The first-order valence-electron chi connectivity index (χ1n) is 5.83. The van der Waals surface area contributed by atoms with Gasteiger partial charge in [0.25, 0.3) is 0 Å². The maximum absolute atomic E-state index is 12.0. The second-order valence-corrected chi connectivity index (χ2v) is 4.76. The number of nitrogens with one attached hydrogen (secondary N) is 1. The van der Waals surface area contributed by atoms with E-state index in [1.165, 1.54) is 18.3 Å². The lowest BCUT2D eigenvalue weighted by Crippen LogP contribution is -2.01. The molecule has 7 heteroatoms. The van der Waals surface area contributed by atoms with Gasteiger partial charge in [-0.2, -0.15) is 13.9 Å². The van der Waals surface area contributed by atoms with Crippen molar-refractivity contribution in [2.45, 2.75) is 6.61 Å². The van der Waals surface area contributed by atoms with Gasteiger partial charge in [-0.15, -0.1) is 0 Å². The molecule has 2 rings (SSSR count). The van der Waals surface area contributed by atoms with Gasteiger partial charge < -0.3 is 4.74 Å². The van der Waals surface area contributed by atoms with E-state index in [4.69, 9.17) is 23.2 Å². The Kier molecular flexibility index (Phi) is 5.36. The molecule has 21 heavy (non-hydrogen) atoms. The van der Waals surface area contributed by atoms with Crippen LogP contribution in [0.2, 0.25) is 10.0 Å². The van der Waals surface area contributed by atoms with E-state index in [-0.39, 0.29) is 5.75 Å². The monoisotopic (exact) mass is 330 g/mol. The fraction of sp³-hybridized carbons (Fsp3) is 0.0714. The molecular weight excluding hydrogens is 321 g/mol. The van der Waals surface area contributed by atoms with E-state index < -0.39 is 6.61 Å². The number of halogens is 4. The fourth-order valence-corrected chi connectivity index (χ4v) is 1.78. The Bertz CT molecular complexity index is 633. The van der Waals surface area contributed by atoms with Gasteiger partial charge in [0.15, 0.2) is 0 Å². The lowest BCUT2D eigenvalue weighted by molar-refractivity contribution is -0.0498. The summed E-state index contributed by atoms with van der Waals surface area (Å²) in [4.78, 5) is 0. The molecule has 2 aromatic carbocycles. The molecule has 0 aromatic heterocycles. The van der Waals surface area contributed by atoms with Gasteiger partial charge in [0.05, 0.1) is 21.9 Å². The molecule has 110 valence electrons. The van der Waals surface area contributed by atoms with E-state index in [0.717, 1.165) is 5.56 Å². The minimum Gasteiger partial charge on any atom is -0.435 e. The zero-order chi connectivity index (χ0) is 15.2. The van der Waals surface area contributed by atoms with E-state index in [2.05, 4.69) is 15.3 Å². The Labute approximate surface area is 130 Å². The standard InChI is InChI=1S/C14H10Cl2F2N2O/c15-12-6-3-10(7-13(12)16)20-19-8-9-1-4-11(5-2-9)21-14(17)18/h1-8,14,20H/b19-8-. The zero-order valence-electron chi connectivity index (χ0n) is 10.6. The normalized spacial score (nSPS) is 11.1. The highest BCUT2D eigenvalue weighted by molar-refractivity contribution is 6.42. The predicted molar refractivity (Wildman–Crippen MR) is 80.8 cm³/mol. The summed E-state index contributed by atoms with van der Waals surface area (Å²) < 4.78 is 28.2. The van der Waals surface area contributed by atoms with Crippen LogP contribution in [0, 0.1) is 0 Å². The van der Waals surface area contributed by atoms with Crippen molar-refractivity contribution in [2.75, 3.05) is 5.43 Å². The molecule has 3 nitrogen and oxygen atoms in total. The highest BCUT2D eigenvalue weighted by Crippen LogP contribution is 2.24. The van der Waals surface area contributed by atoms with Crippen LogP contribution in [0.15, 0.2) is 47.6 Å². The number of hydrogen-bond acceptors (Lipinski definition) is 3. The number of rotatable bonds is 5. The lowest BCUT2D eigenvalue weighted by Gasteiger charge is -2.04. The summed E-state index contributed by atoms with van der Waals surface area (Å²) in [6.45, 7) is -2.83. The van der Waals surface area contributed by atoms with Crippen LogP contribution in [0.3, 0.4) is 0 Å². The maximum atomic E-state index is 12.0. The average molecular weight is 331 g/mol. The molecule has 0 saturated heterocycles. The van der Waals surface area contributed by atoms with Crippen molar-refractivity contribution >= 4 is 35.1 Å². The molecular formula is C14H10Cl2F2N2O. The number of ether oxygens (including phenoxy) is 1. The summed E-state index contributed by atoms with van der Waals surface area (Å²) in [5, 5.41) is 4.89. The Morgan fingerprint density at radius 2 is 1.76 bits per heavy atom. The van der Waals surface area contributed by atoms with Crippen molar-refractivity contribution in [3.05, 3.63) is 58.1 Å². The topological polar surface area (TPSA) is 33.6 Å². The van der Waals surface area contributed by atoms with Gasteiger partial charge in [-0.05, 0) is 48.0 Å². The lowest BCUT2D eigenvalue weighted by atomic mass is 10.2. The first-order valence-corrected chi connectivity index (χ1v) is 6.59. The third kappa shape index (κ3) is 4.88. The first kappa shape index (κ1) is 15.5. The Balaban J connectivity index is 1.96. The molecule has 0 amide bonds. The van der Waals surface area contributed by atoms with Crippen molar-refractivity contribution in [3.63, 3.8) is 0 Å². The minimum absolute atomic E-state index is 0.0968. The van der Waals surface area contributed by atoms with Crippen LogP contribution < -0.4 is 10.2 Å². The van der Waals surface area contributed by atoms with Crippen LogP contribution in [0.5, 0.6) is 5.75 Å². The van der Waals surface area contributed by atoms with Crippen molar-refractivity contribution in [2.24, 2.45) is 5.10 Å². The summed E-state index contributed by atoms with van der Waals surface area (Å²) in [6.07, 6.45) is 1.54. The third-order valence-corrected chi connectivity index (χ3v) is 3.17. The van der Waals surface area contributed by atoms with Crippen LogP contribution in [0.1, 0.15) is 5.56 Å². The van der Waals surface area contributed by atoms with Gasteiger partial charge in [-0.25, -0.2) is 0 Å². The molecule has 0 atom stereocenters. The average Bonchev–Trinajstić information content (AvgIpc) is 2.44. The van der Waals surface area contributed by atoms with Gasteiger partial charge in [0, 0.05) is 0 Å². The molecule has 0 fully saturated rings. The largest absolute Gasteiger partial charge is 0.435 e. The summed E-state index contributed by atoms with van der Waals surface area (Å²) in [5.74, 6) is 0.0968. The second kappa shape index (κ2) is 7.24. The predicted octanol–water partition coefficient (Wildman–Crippen LogP) is 5.04. The van der Waals surface area contributed by atoms with Crippen molar-refractivity contribution in [1.82, 2.24) is 0 Å². The van der Waals surface area contributed by atoms with E-state index >= 15 is 0 Å². The molecule has 0 spiro atoms. The number of nitrogens with zero attached hydrogens (tertiary/aromatic N) is 1. The molecule has 0 radical (unpaired) electrons. The Morgan fingerprint density at radius 3 is 2.38 bits per heavy atom. The quantitative estimate of drug-likeness (QED) is 0.615. The molecule has 0 unspecified atom stereocenters. The minimum atomic E-state index is -2.83. The van der Waals surface area contributed by atoms with Crippen molar-refractivity contribution in [1.29, 1.82) is 0 Å². The molecule has 0 aliphatic rings. The highest BCUT2D eigenvalue weighted by Gasteiger charge is 2.03. The van der Waals surface area contributed by atoms with Gasteiger partial charge in [0.1, 0.15) is 5.75 Å². The number of alkyl halides is 2. The first-order chi connectivity index (χ1) is 10.0. The molecule has 0 aliphatic carbocycles. The number of hydrazone groups is 1. The highest BCUT2D eigenvalue weighted by atomic mass is 35.5. The van der Waals surface area contributed by atoms with Crippen LogP contribution in [-0.4, -0.2) is 12.8 Å². The summed E-state index contributed by atoms with van der Waals surface area (Å²) >= 11 is 11.7. The molecule has 2 aromatic rings. The smallest absolute Gasteiger partial charge is 0.387 e. The third-order valence-electron chi connectivity index (χ3n) is 2.43. The second-order valence-electron chi connectivity index (χ2n) is 3.95. The number of anilines is 1. The summed E-state index contributed by atoms with van der Waals surface area (Å²) in [7, 11) is 0. The van der Waals surface area contributed by atoms with E-state index in [1.807, 2.05) is 0 Å². The van der Waals surface area contributed by atoms with Crippen molar-refractivity contribution < 1.29 is 13.5 Å². The zero-order valence-corrected chi connectivity index (χ0v) is 12.1. The van der Waals surface area contributed by atoms with E-state index in [9.17, 15) is 8.78 Å². The number of benzene rings is 2. The van der Waals surface area contributed by atoms with E-state index in [1.54, 1.807) is 30.3 Å². The molecule has 1 N–H and O–H groups in total. The molecule has 0 bridgehead atoms. The maximum Gasteiger partial charge on any atom is 0.387 e. The van der Waals surface area contributed by atoms with Crippen LogP contribution in [0.25, 0.3) is 0 Å². The molecule has 0 aliphatic heterocycles. The fourth-order valence-electron chi connectivity index (χ4n) is 1.48. The van der Waals surface area contributed by atoms with E-state index in [0.29, 0.717) is 15.7 Å². The Morgan fingerprint density at radius 1 is 1.05 bits per heavy atom. The molecule has 0 saturated carbocycles.